The van der Waals surface area contributed by atoms with E-state index in [0.717, 1.165) is 18.7 Å². The van der Waals surface area contributed by atoms with Crippen LogP contribution in [-0.2, 0) is 0 Å². The molecule has 1 atom stereocenters. The highest BCUT2D eigenvalue weighted by molar-refractivity contribution is 5.43. The third kappa shape index (κ3) is 3.70. The zero-order valence-corrected chi connectivity index (χ0v) is 9.98. The van der Waals surface area contributed by atoms with Gasteiger partial charge in [0.1, 0.15) is 5.82 Å². The minimum atomic E-state index is -0.325. The zero-order valence-electron chi connectivity index (χ0n) is 9.98. The molecule has 1 unspecified atom stereocenters. The summed E-state index contributed by atoms with van der Waals surface area (Å²) in [6.45, 7) is 4.72. The Labute approximate surface area is 96.9 Å². The van der Waals surface area contributed by atoms with Crippen LogP contribution < -0.4 is 11.1 Å². The number of nitrogens with zero attached hydrogens (tertiary/aromatic N) is 1. The maximum Gasteiger partial charge on any atom is 0.126 e. The topological polar surface area (TPSA) is 71.2 Å². The minimum Gasteiger partial charge on any atom is -0.397 e. The fourth-order valence-electron chi connectivity index (χ4n) is 1.72. The molecule has 1 aromatic rings. The first kappa shape index (κ1) is 12.8. The van der Waals surface area contributed by atoms with Crippen LogP contribution >= 0.6 is 0 Å². The van der Waals surface area contributed by atoms with E-state index >= 15 is 0 Å². The van der Waals surface area contributed by atoms with Gasteiger partial charge in [0.25, 0.3) is 0 Å². The average molecular weight is 223 g/mol. The summed E-state index contributed by atoms with van der Waals surface area (Å²) in [4.78, 5) is 4.11. The van der Waals surface area contributed by atoms with Gasteiger partial charge in [0.2, 0.25) is 0 Å². The Hall–Kier alpha value is -1.29. The Kier molecular flexibility index (Phi) is 5.05. The molecular weight excluding hydrogens is 202 g/mol. The molecule has 0 aliphatic rings. The number of aliphatic hydroxyl groups excluding tert-OH is 1. The molecule has 0 aliphatic heterocycles. The van der Waals surface area contributed by atoms with Gasteiger partial charge in [0, 0.05) is 6.54 Å². The molecule has 1 aromatic heterocycles. The first-order valence-corrected chi connectivity index (χ1v) is 5.80. The number of rotatable bonds is 6. The highest BCUT2D eigenvalue weighted by Gasteiger charge is 2.14. The summed E-state index contributed by atoms with van der Waals surface area (Å²) < 4.78 is 0. The quantitative estimate of drug-likeness (QED) is 0.688. The third-order valence-corrected chi connectivity index (χ3v) is 2.87. The fraction of sp³-hybridized carbons (Fsp3) is 0.583. The summed E-state index contributed by atoms with van der Waals surface area (Å²) in [7, 11) is 0. The van der Waals surface area contributed by atoms with Gasteiger partial charge in [0.05, 0.1) is 18.0 Å². The van der Waals surface area contributed by atoms with Gasteiger partial charge in [-0.1, -0.05) is 26.7 Å². The van der Waals surface area contributed by atoms with Crippen molar-refractivity contribution in [2.24, 2.45) is 5.92 Å². The van der Waals surface area contributed by atoms with Crippen LogP contribution in [0.4, 0.5) is 11.5 Å². The molecule has 0 bridgehead atoms. The third-order valence-electron chi connectivity index (χ3n) is 2.87. The van der Waals surface area contributed by atoms with Gasteiger partial charge in [-0.15, -0.1) is 0 Å². The number of hydrogen-bond acceptors (Lipinski definition) is 4. The molecule has 16 heavy (non-hydrogen) atoms. The molecule has 4 heteroatoms. The number of nitrogens with one attached hydrogen (secondary N) is 1. The Balaban J connectivity index is 2.42. The van der Waals surface area contributed by atoms with Crippen LogP contribution in [-0.4, -0.2) is 22.7 Å². The molecule has 0 saturated heterocycles. The van der Waals surface area contributed by atoms with Crippen molar-refractivity contribution in [3.8, 4) is 0 Å². The van der Waals surface area contributed by atoms with Gasteiger partial charge in [-0.05, 0) is 18.1 Å². The zero-order chi connectivity index (χ0) is 12.0. The minimum absolute atomic E-state index is 0.325. The van der Waals surface area contributed by atoms with Crippen LogP contribution in [0.5, 0.6) is 0 Å². The molecule has 4 nitrogen and oxygen atoms in total. The maximum absolute atomic E-state index is 9.91. The largest absolute Gasteiger partial charge is 0.397 e. The lowest BCUT2D eigenvalue weighted by Gasteiger charge is -2.20. The lowest BCUT2D eigenvalue weighted by molar-refractivity contribution is 0.114. The molecule has 0 saturated carbocycles. The van der Waals surface area contributed by atoms with E-state index in [9.17, 15) is 5.11 Å². The lowest BCUT2D eigenvalue weighted by Crippen LogP contribution is -2.27. The predicted octanol–water partition coefficient (Wildman–Crippen LogP) is 1.87. The van der Waals surface area contributed by atoms with E-state index in [0.29, 0.717) is 18.2 Å². The second kappa shape index (κ2) is 6.33. The Morgan fingerprint density at radius 1 is 1.38 bits per heavy atom. The predicted molar refractivity (Wildman–Crippen MR) is 67.2 cm³/mol. The molecule has 0 spiro atoms. The normalized spacial score (nSPS) is 12.8. The van der Waals surface area contributed by atoms with Gasteiger partial charge >= 0.3 is 0 Å². The van der Waals surface area contributed by atoms with Crippen molar-refractivity contribution in [1.29, 1.82) is 0 Å². The van der Waals surface area contributed by atoms with Crippen LogP contribution in [0.15, 0.2) is 18.3 Å². The highest BCUT2D eigenvalue weighted by atomic mass is 16.3. The smallest absolute Gasteiger partial charge is 0.126 e. The van der Waals surface area contributed by atoms with Crippen molar-refractivity contribution < 1.29 is 5.11 Å². The van der Waals surface area contributed by atoms with E-state index in [-0.39, 0.29) is 6.10 Å². The van der Waals surface area contributed by atoms with Gasteiger partial charge in [-0.3, -0.25) is 0 Å². The van der Waals surface area contributed by atoms with E-state index in [1.807, 2.05) is 6.07 Å². The van der Waals surface area contributed by atoms with Crippen molar-refractivity contribution in [2.75, 3.05) is 17.6 Å². The first-order valence-electron chi connectivity index (χ1n) is 5.80. The van der Waals surface area contributed by atoms with E-state index in [1.54, 1.807) is 12.3 Å². The van der Waals surface area contributed by atoms with Crippen LogP contribution in [0.2, 0.25) is 0 Å². The van der Waals surface area contributed by atoms with E-state index < -0.39 is 0 Å². The summed E-state index contributed by atoms with van der Waals surface area (Å²) in [6.07, 6.45) is 3.27. The Morgan fingerprint density at radius 3 is 2.56 bits per heavy atom. The highest BCUT2D eigenvalue weighted by Crippen LogP contribution is 2.14. The fourth-order valence-corrected chi connectivity index (χ4v) is 1.72. The van der Waals surface area contributed by atoms with Crippen molar-refractivity contribution in [1.82, 2.24) is 4.98 Å². The monoisotopic (exact) mass is 223 g/mol. The molecule has 90 valence electrons. The number of pyridine rings is 1. The van der Waals surface area contributed by atoms with Crippen LogP contribution in [0.25, 0.3) is 0 Å². The second-order valence-corrected chi connectivity index (χ2v) is 4.00. The number of aromatic nitrogens is 1. The first-order chi connectivity index (χ1) is 7.67. The van der Waals surface area contributed by atoms with E-state index in [2.05, 4.69) is 24.1 Å². The number of nitrogens with two attached hydrogens (primary N) is 1. The number of aliphatic hydroxyl groups is 1. The number of anilines is 2. The standard InChI is InChI=1S/C12H21N3O/c1-3-9(4-2)11(16)8-15-12-6-5-10(13)7-14-12/h5-7,9,11,16H,3-4,8,13H2,1-2H3,(H,14,15). The van der Waals surface area contributed by atoms with Gasteiger partial charge < -0.3 is 16.2 Å². The summed E-state index contributed by atoms with van der Waals surface area (Å²) in [5.41, 5.74) is 6.18. The number of nitrogen functional groups attached to an aromatic ring is 1. The molecule has 0 radical (unpaired) electrons. The van der Waals surface area contributed by atoms with Crippen LogP contribution in [0.1, 0.15) is 26.7 Å². The van der Waals surface area contributed by atoms with Crippen LogP contribution in [0, 0.1) is 5.92 Å². The van der Waals surface area contributed by atoms with Crippen LogP contribution in [0.3, 0.4) is 0 Å². The Bertz CT molecular complexity index is 296. The van der Waals surface area contributed by atoms with Gasteiger partial charge in [-0.25, -0.2) is 4.98 Å². The summed E-state index contributed by atoms with van der Waals surface area (Å²) in [5.74, 6) is 1.10. The molecule has 4 N–H and O–H groups in total. The second-order valence-electron chi connectivity index (χ2n) is 4.00. The van der Waals surface area contributed by atoms with Crippen molar-refractivity contribution in [3.05, 3.63) is 18.3 Å². The van der Waals surface area contributed by atoms with Crippen molar-refractivity contribution in [3.63, 3.8) is 0 Å². The SMILES string of the molecule is CCC(CC)C(O)CNc1ccc(N)cn1. The van der Waals surface area contributed by atoms with Gasteiger partial charge in [0.15, 0.2) is 0 Å². The number of hydrogen-bond donors (Lipinski definition) is 3. The molecule has 0 aromatic carbocycles. The molecule has 0 fully saturated rings. The summed E-state index contributed by atoms with van der Waals surface area (Å²) in [6, 6.07) is 3.60. The van der Waals surface area contributed by atoms with E-state index in [4.69, 9.17) is 5.73 Å². The average Bonchev–Trinajstić information content (AvgIpc) is 2.30. The van der Waals surface area contributed by atoms with Crippen molar-refractivity contribution >= 4 is 11.5 Å². The van der Waals surface area contributed by atoms with Crippen molar-refractivity contribution in [2.45, 2.75) is 32.8 Å². The molecular formula is C12H21N3O. The lowest BCUT2D eigenvalue weighted by atomic mass is 9.97. The van der Waals surface area contributed by atoms with Gasteiger partial charge in [-0.2, -0.15) is 0 Å². The molecule has 1 rings (SSSR count). The molecule has 0 amide bonds. The summed E-state index contributed by atoms with van der Waals surface area (Å²) >= 11 is 0. The maximum atomic E-state index is 9.91. The Morgan fingerprint density at radius 2 is 2.06 bits per heavy atom. The molecule has 0 aliphatic carbocycles. The molecule has 1 heterocycles. The van der Waals surface area contributed by atoms with E-state index in [1.165, 1.54) is 0 Å². The summed E-state index contributed by atoms with van der Waals surface area (Å²) in [5, 5.41) is 13.0.